The second kappa shape index (κ2) is 6.29. The van der Waals surface area contributed by atoms with Gasteiger partial charge in [0.1, 0.15) is 0 Å². The van der Waals surface area contributed by atoms with Crippen LogP contribution in [0.15, 0.2) is 12.7 Å². The zero-order chi connectivity index (χ0) is 12.1. The first-order valence-electron chi connectivity index (χ1n) is 5.89. The van der Waals surface area contributed by atoms with Crippen molar-refractivity contribution in [3.05, 3.63) is 12.7 Å². The Hall–Kier alpha value is -0.340. The third-order valence-electron chi connectivity index (χ3n) is 2.53. The van der Waals surface area contributed by atoms with E-state index in [-0.39, 0.29) is 11.6 Å². The van der Waals surface area contributed by atoms with Gasteiger partial charge < -0.3 is 5.73 Å². The van der Waals surface area contributed by atoms with Crippen LogP contribution in [0.4, 0.5) is 0 Å². The van der Waals surface area contributed by atoms with Crippen molar-refractivity contribution in [1.29, 1.82) is 0 Å². The van der Waals surface area contributed by atoms with Crippen LogP contribution in [-0.4, -0.2) is 29.6 Å². The van der Waals surface area contributed by atoms with Gasteiger partial charge in [-0.25, -0.2) is 0 Å². The van der Waals surface area contributed by atoms with Crippen molar-refractivity contribution in [1.82, 2.24) is 4.90 Å². The van der Waals surface area contributed by atoms with Crippen LogP contribution in [-0.2, 0) is 0 Å². The summed E-state index contributed by atoms with van der Waals surface area (Å²) in [6.45, 7) is 16.8. The predicted molar refractivity (Wildman–Crippen MR) is 69.0 cm³/mol. The summed E-state index contributed by atoms with van der Waals surface area (Å²) in [7, 11) is 0. The zero-order valence-corrected chi connectivity index (χ0v) is 11.1. The summed E-state index contributed by atoms with van der Waals surface area (Å²) in [6.07, 6.45) is 3.04. The molecule has 0 heterocycles. The van der Waals surface area contributed by atoms with Crippen LogP contribution in [0.2, 0.25) is 0 Å². The van der Waals surface area contributed by atoms with Gasteiger partial charge in [0.25, 0.3) is 0 Å². The van der Waals surface area contributed by atoms with Gasteiger partial charge in [-0.3, -0.25) is 4.90 Å². The van der Waals surface area contributed by atoms with Gasteiger partial charge in [0.2, 0.25) is 0 Å². The fourth-order valence-electron chi connectivity index (χ4n) is 1.74. The predicted octanol–water partition coefficient (Wildman–Crippen LogP) is 2.65. The smallest absolute Gasteiger partial charge is 0.0170 e. The Bertz CT molecular complexity index is 179. The van der Waals surface area contributed by atoms with Gasteiger partial charge in [0.05, 0.1) is 0 Å². The average Bonchev–Trinajstić information content (AvgIpc) is 2.00. The molecule has 0 rings (SSSR count). The lowest BCUT2D eigenvalue weighted by Crippen LogP contribution is -2.48. The molecule has 0 saturated carbocycles. The molecular weight excluding hydrogens is 184 g/mol. The molecule has 0 aliphatic heterocycles. The van der Waals surface area contributed by atoms with E-state index >= 15 is 0 Å². The third-order valence-corrected chi connectivity index (χ3v) is 2.53. The van der Waals surface area contributed by atoms with E-state index in [1.807, 2.05) is 6.08 Å². The first-order chi connectivity index (χ1) is 6.77. The van der Waals surface area contributed by atoms with Gasteiger partial charge in [-0.05, 0) is 33.1 Å². The Morgan fingerprint density at radius 1 is 1.33 bits per heavy atom. The summed E-state index contributed by atoms with van der Waals surface area (Å²) in [4.78, 5) is 2.38. The van der Waals surface area contributed by atoms with Crippen molar-refractivity contribution in [3.8, 4) is 0 Å². The molecule has 0 aliphatic carbocycles. The fraction of sp³-hybridized carbons (Fsp3) is 0.846. The lowest BCUT2D eigenvalue weighted by molar-refractivity contribution is 0.140. The lowest BCUT2D eigenvalue weighted by Gasteiger charge is -2.36. The molecular formula is C13H28N2. The highest BCUT2D eigenvalue weighted by molar-refractivity contribution is 4.85. The van der Waals surface area contributed by atoms with Crippen LogP contribution in [0, 0.1) is 5.92 Å². The summed E-state index contributed by atoms with van der Waals surface area (Å²) in [5.74, 6) is 0.672. The highest BCUT2D eigenvalue weighted by atomic mass is 15.2. The average molecular weight is 212 g/mol. The zero-order valence-electron chi connectivity index (χ0n) is 11.1. The van der Waals surface area contributed by atoms with Crippen LogP contribution >= 0.6 is 0 Å². The van der Waals surface area contributed by atoms with E-state index in [0.717, 1.165) is 19.5 Å². The molecule has 0 bridgehead atoms. The van der Waals surface area contributed by atoms with E-state index in [9.17, 15) is 0 Å². The Kier molecular flexibility index (Phi) is 6.15. The molecule has 1 atom stereocenters. The van der Waals surface area contributed by atoms with Crippen LogP contribution in [0.25, 0.3) is 0 Å². The van der Waals surface area contributed by atoms with Gasteiger partial charge in [-0.1, -0.05) is 19.9 Å². The quantitative estimate of drug-likeness (QED) is 0.686. The first kappa shape index (κ1) is 14.7. The maximum atomic E-state index is 6.13. The van der Waals surface area contributed by atoms with Gasteiger partial charge in [0.15, 0.2) is 0 Å². The Labute approximate surface area is 95.5 Å². The van der Waals surface area contributed by atoms with E-state index in [1.165, 1.54) is 0 Å². The Balaban J connectivity index is 4.22. The van der Waals surface area contributed by atoms with Crippen LogP contribution in [0.1, 0.15) is 41.0 Å². The number of nitrogens with two attached hydrogens (primary N) is 1. The molecule has 0 aromatic carbocycles. The first-order valence-corrected chi connectivity index (χ1v) is 5.89. The molecule has 90 valence electrons. The van der Waals surface area contributed by atoms with Crippen molar-refractivity contribution >= 4 is 0 Å². The fourth-order valence-corrected chi connectivity index (χ4v) is 1.74. The Morgan fingerprint density at radius 2 is 1.87 bits per heavy atom. The highest BCUT2D eigenvalue weighted by Crippen LogP contribution is 2.14. The largest absolute Gasteiger partial charge is 0.327 e. The molecule has 0 saturated heterocycles. The highest BCUT2D eigenvalue weighted by Gasteiger charge is 2.22. The topological polar surface area (TPSA) is 29.3 Å². The summed E-state index contributed by atoms with van der Waals surface area (Å²) < 4.78 is 0. The molecule has 15 heavy (non-hydrogen) atoms. The number of hydrogen-bond acceptors (Lipinski definition) is 2. The van der Waals surface area contributed by atoms with E-state index < -0.39 is 0 Å². The lowest BCUT2D eigenvalue weighted by atomic mass is 10.0. The van der Waals surface area contributed by atoms with E-state index in [4.69, 9.17) is 5.73 Å². The number of rotatable bonds is 6. The normalized spacial score (nSPS) is 14.7. The Morgan fingerprint density at radius 3 is 2.20 bits per heavy atom. The molecule has 0 aromatic rings. The summed E-state index contributed by atoms with van der Waals surface area (Å²) in [5.41, 5.74) is 6.30. The summed E-state index contributed by atoms with van der Waals surface area (Å²) in [5, 5.41) is 0. The molecule has 0 spiro atoms. The van der Waals surface area contributed by atoms with E-state index in [0.29, 0.717) is 5.92 Å². The van der Waals surface area contributed by atoms with Crippen molar-refractivity contribution < 1.29 is 0 Å². The van der Waals surface area contributed by atoms with Gasteiger partial charge >= 0.3 is 0 Å². The molecule has 0 fully saturated rings. The standard InChI is InChI=1S/C13H28N2/c1-7-8-15(13(4,5)6)10-12(14)9-11(2)3/h7,11-12H,1,8-10,14H2,2-6H3. The van der Waals surface area contributed by atoms with Gasteiger partial charge in [0, 0.05) is 24.7 Å². The van der Waals surface area contributed by atoms with E-state index in [2.05, 4.69) is 46.1 Å². The van der Waals surface area contributed by atoms with E-state index in [1.54, 1.807) is 0 Å². The van der Waals surface area contributed by atoms with Crippen molar-refractivity contribution in [2.45, 2.75) is 52.6 Å². The van der Waals surface area contributed by atoms with Crippen molar-refractivity contribution in [3.63, 3.8) is 0 Å². The van der Waals surface area contributed by atoms with Crippen molar-refractivity contribution in [2.24, 2.45) is 11.7 Å². The molecule has 2 nitrogen and oxygen atoms in total. The van der Waals surface area contributed by atoms with Crippen LogP contribution < -0.4 is 5.73 Å². The molecule has 0 radical (unpaired) electrons. The third kappa shape index (κ3) is 6.69. The monoisotopic (exact) mass is 212 g/mol. The van der Waals surface area contributed by atoms with Crippen LogP contribution in [0.5, 0.6) is 0 Å². The van der Waals surface area contributed by atoms with Crippen LogP contribution in [0.3, 0.4) is 0 Å². The summed E-state index contributed by atoms with van der Waals surface area (Å²) >= 11 is 0. The SMILES string of the molecule is C=CCN(CC(N)CC(C)C)C(C)(C)C. The minimum Gasteiger partial charge on any atom is -0.327 e. The maximum absolute atomic E-state index is 6.13. The molecule has 2 N–H and O–H groups in total. The summed E-state index contributed by atoms with van der Waals surface area (Å²) in [6, 6.07) is 0.268. The van der Waals surface area contributed by atoms with Gasteiger partial charge in [-0.2, -0.15) is 0 Å². The number of nitrogens with zero attached hydrogens (tertiary/aromatic N) is 1. The second-order valence-corrected chi connectivity index (χ2v) is 5.75. The van der Waals surface area contributed by atoms with Crippen molar-refractivity contribution in [2.75, 3.05) is 13.1 Å². The molecule has 0 aliphatic rings. The minimum atomic E-state index is 0.169. The van der Waals surface area contributed by atoms with Gasteiger partial charge in [-0.15, -0.1) is 6.58 Å². The second-order valence-electron chi connectivity index (χ2n) is 5.75. The number of hydrogen-bond donors (Lipinski definition) is 1. The maximum Gasteiger partial charge on any atom is 0.0170 e. The molecule has 1 unspecified atom stereocenters. The minimum absolute atomic E-state index is 0.169. The molecule has 0 aromatic heterocycles. The molecule has 0 amide bonds. The molecule has 2 heteroatoms.